The number of halogens is 8. The van der Waals surface area contributed by atoms with Crippen molar-refractivity contribution in [3.63, 3.8) is 0 Å². The number of ether oxygens (including phenoxy) is 2. The minimum absolute atomic E-state index is 0. The van der Waals surface area contributed by atoms with E-state index in [0.29, 0.717) is 0 Å². The fourth-order valence-electron chi connectivity index (χ4n) is 10.5. The molecular weight excluding hydrogens is 1260 g/mol. The molecule has 0 aliphatic carbocycles. The van der Waals surface area contributed by atoms with Gasteiger partial charge in [0.2, 0.25) is 0 Å². The standard InChI is InChI=1S/2C30H32N2P2.2C4H8O.2BF4.Ni/c2*1-25-13-17-27(18-14-25)31-21-33(29-9-5-3-6-10-29)23-32(28-19-15-26(2)16-20-28)24-34(22-31)30-11-7-4-8-12-30;2*1-2-4-5-3-1;2*2-1(3,4)5;/h2*3-20H,21-24H2,1-2H3;2*1-4H2;;;/q;;;;2*-1;+2/p+4. The molecule has 476 valence electrons. The molecule has 0 saturated carbocycles. The number of rotatable bonds is 8. The molecule has 21 heteroatoms. The van der Waals surface area contributed by atoms with Gasteiger partial charge in [0.1, 0.15) is 50.3 Å². The molecule has 4 aliphatic heterocycles. The van der Waals surface area contributed by atoms with E-state index >= 15 is 0 Å². The van der Waals surface area contributed by atoms with Gasteiger partial charge in [-0.3, -0.25) is 0 Å². The summed E-state index contributed by atoms with van der Waals surface area (Å²) in [6.07, 6.45) is 14.1. The Bertz CT molecular complexity index is 2730. The molecule has 0 N–H and O–H groups in total. The molecule has 0 bridgehead atoms. The zero-order valence-electron chi connectivity index (χ0n) is 51.2. The molecule has 0 atom stereocenters. The molecule has 0 aromatic heterocycles. The summed E-state index contributed by atoms with van der Waals surface area (Å²) in [5.41, 5.74) is 10.8. The zero-order chi connectivity index (χ0) is 62.7. The van der Waals surface area contributed by atoms with Crippen LogP contribution in [0.25, 0.3) is 0 Å². The van der Waals surface area contributed by atoms with Crippen LogP contribution >= 0.6 is 31.7 Å². The molecule has 4 fully saturated rings. The number of hydrogen-bond acceptors (Lipinski definition) is 6. The zero-order valence-corrected chi connectivity index (χ0v) is 56.2. The molecule has 6 nitrogen and oxygen atoms in total. The third-order valence-corrected chi connectivity index (χ3v) is 25.7. The molecule has 4 aliphatic rings. The van der Waals surface area contributed by atoms with Gasteiger partial charge >= 0.3 is 31.0 Å². The topological polar surface area (TPSA) is 31.4 Å². The Morgan fingerprint density at radius 2 is 0.427 bits per heavy atom. The van der Waals surface area contributed by atoms with Crippen molar-refractivity contribution in [2.45, 2.75) is 53.4 Å². The van der Waals surface area contributed by atoms with Crippen LogP contribution < -0.4 is 40.8 Å². The van der Waals surface area contributed by atoms with E-state index in [2.05, 4.69) is 266 Å². The Labute approximate surface area is 537 Å². The van der Waals surface area contributed by atoms with Crippen LogP contribution in [0.15, 0.2) is 218 Å². The van der Waals surface area contributed by atoms with Crippen LogP contribution in [0.3, 0.4) is 0 Å². The number of anilines is 4. The van der Waals surface area contributed by atoms with Crippen molar-refractivity contribution in [2.75, 3.05) is 96.3 Å². The maximum atomic E-state index is 9.75. The summed E-state index contributed by atoms with van der Waals surface area (Å²) in [4.78, 5) is 10.8. The SMILES string of the molecule is C1CCOC1.C1CCOC1.Cc1ccc(N2C[PH+](c3ccccc3)CN(c3ccc(C)cc3)C[PH+](c3ccccc3)C2)cc1.Cc1ccc(N2C[PH+](c3ccccc3)CN(c3ccc(C)cc3)C[PH+](c3ccccc3)C2)cc1.F[B-](F)(F)F.F[B-](F)(F)F.[Ni+2]. The van der Waals surface area contributed by atoms with E-state index in [-0.39, 0.29) is 16.5 Å². The first kappa shape index (κ1) is 72.7. The van der Waals surface area contributed by atoms with Crippen LogP contribution in [0, 0.1) is 27.7 Å². The molecule has 0 spiro atoms. The first-order chi connectivity index (χ1) is 42.3. The maximum absolute atomic E-state index is 9.75. The molecule has 12 rings (SSSR count). The minimum atomic E-state index is -6.00. The van der Waals surface area contributed by atoms with E-state index in [1.54, 1.807) is 0 Å². The molecule has 4 heterocycles. The van der Waals surface area contributed by atoms with Crippen molar-refractivity contribution in [3.05, 3.63) is 241 Å². The smallest absolute Gasteiger partial charge is 0.418 e. The normalized spacial score (nSPS) is 18.5. The van der Waals surface area contributed by atoms with Crippen LogP contribution in [-0.2, 0) is 26.0 Å². The largest absolute Gasteiger partial charge is 2.00 e. The van der Waals surface area contributed by atoms with Gasteiger partial charge in [-0.2, -0.15) is 0 Å². The summed E-state index contributed by atoms with van der Waals surface area (Å²) in [6, 6.07) is 81.6. The summed E-state index contributed by atoms with van der Waals surface area (Å²) in [7, 11) is -15.3. The Balaban J connectivity index is 0.000000214. The van der Waals surface area contributed by atoms with E-state index in [1.807, 2.05) is 0 Å². The number of aryl methyl sites for hydroxylation is 4. The van der Waals surface area contributed by atoms with Crippen LogP contribution in [-0.4, -0.2) is 91.2 Å². The molecule has 8 aromatic carbocycles. The first-order valence-corrected chi connectivity index (χ1v) is 37.7. The van der Waals surface area contributed by atoms with Gasteiger partial charge in [-0.15, -0.1) is 0 Å². The predicted octanol–water partition coefficient (Wildman–Crippen LogP) is 17.3. The van der Waals surface area contributed by atoms with Crippen molar-refractivity contribution in [2.24, 2.45) is 0 Å². The summed E-state index contributed by atoms with van der Waals surface area (Å²) < 4.78 is 87.9. The van der Waals surface area contributed by atoms with Crippen molar-refractivity contribution in [1.29, 1.82) is 0 Å². The molecule has 0 amide bonds. The number of nitrogens with zero attached hydrogens (tertiary/aromatic N) is 4. The fourth-order valence-corrected chi connectivity index (χ4v) is 21.9. The van der Waals surface area contributed by atoms with Gasteiger partial charge in [0, 0.05) is 49.2 Å². The van der Waals surface area contributed by atoms with Crippen LogP contribution in [0.2, 0.25) is 0 Å². The Morgan fingerprint density at radius 3 is 0.562 bits per heavy atom. The molecule has 0 unspecified atom stereocenters. The van der Waals surface area contributed by atoms with Gasteiger partial charge < -0.3 is 63.6 Å². The Hall–Kier alpha value is -5.34. The third kappa shape index (κ3) is 27.2. The van der Waals surface area contributed by atoms with Crippen molar-refractivity contribution < 1.29 is 60.5 Å². The van der Waals surface area contributed by atoms with Gasteiger partial charge in [-0.25, -0.2) is 0 Å². The van der Waals surface area contributed by atoms with Crippen molar-refractivity contribution >= 4 is 90.2 Å². The first-order valence-electron chi connectivity index (χ1n) is 30.1. The van der Waals surface area contributed by atoms with Crippen LogP contribution in [0.4, 0.5) is 57.3 Å². The Morgan fingerprint density at radius 1 is 0.270 bits per heavy atom. The quantitative estimate of drug-likeness (QED) is 0.0856. The van der Waals surface area contributed by atoms with E-state index in [0.717, 1.165) is 76.7 Å². The molecule has 0 radical (unpaired) electrons. The fraction of sp³-hybridized carbons (Fsp3) is 0.294. The molecular formula is C68H84B2F8N4NiO2P4+4. The van der Waals surface area contributed by atoms with Gasteiger partial charge in [0.05, 0.1) is 52.9 Å². The van der Waals surface area contributed by atoms with Gasteiger partial charge in [0.25, 0.3) is 0 Å². The van der Waals surface area contributed by atoms with E-state index < -0.39 is 46.2 Å². The van der Waals surface area contributed by atoms with E-state index in [1.165, 1.54) is 91.9 Å². The molecule has 89 heavy (non-hydrogen) atoms. The second kappa shape index (κ2) is 37.9. The maximum Gasteiger partial charge on any atom is 2.00 e. The second-order valence-corrected chi connectivity index (χ2v) is 31.9. The molecule has 4 saturated heterocycles. The summed E-state index contributed by atoms with van der Waals surface area (Å²) in [5, 5.41) is 6.10. The third-order valence-electron chi connectivity index (χ3n) is 15.0. The van der Waals surface area contributed by atoms with Crippen LogP contribution in [0.5, 0.6) is 0 Å². The number of hydrogen-bond donors (Lipinski definition) is 0. The Kier molecular flexibility index (Phi) is 30.9. The monoisotopic (exact) mass is 1340 g/mol. The average molecular weight is 1350 g/mol. The van der Waals surface area contributed by atoms with Crippen LogP contribution in [0.1, 0.15) is 47.9 Å². The minimum Gasteiger partial charge on any atom is -0.418 e. The van der Waals surface area contributed by atoms with Crippen molar-refractivity contribution in [3.8, 4) is 0 Å². The summed E-state index contributed by atoms with van der Waals surface area (Å²) >= 11 is 0. The predicted molar refractivity (Wildman–Crippen MR) is 372 cm³/mol. The van der Waals surface area contributed by atoms with Crippen molar-refractivity contribution in [1.82, 2.24) is 0 Å². The summed E-state index contributed by atoms with van der Waals surface area (Å²) in [6.45, 7) is 12.7. The number of benzene rings is 8. The van der Waals surface area contributed by atoms with Gasteiger partial charge in [0.15, 0.2) is 0 Å². The van der Waals surface area contributed by atoms with Gasteiger partial charge in [-0.05, 0) is 150 Å². The average Bonchev–Trinajstić information content (AvgIpc) is 4.05. The van der Waals surface area contributed by atoms with E-state index in [4.69, 9.17) is 9.47 Å². The summed E-state index contributed by atoms with van der Waals surface area (Å²) in [5.74, 6) is 0. The van der Waals surface area contributed by atoms with E-state index in [9.17, 15) is 34.5 Å². The second-order valence-electron chi connectivity index (χ2n) is 22.3. The van der Waals surface area contributed by atoms with Gasteiger partial charge in [-0.1, -0.05) is 144 Å². The molecule has 8 aromatic rings.